The molecule has 1 saturated heterocycles. The zero-order valence-electron chi connectivity index (χ0n) is 12.5. The summed E-state index contributed by atoms with van der Waals surface area (Å²) in [5.41, 5.74) is 2.75. The Kier molecular flexibility index (Phi) is 4.97. The average Bonchev–Trinajstić information content (AvgIpc) is 2.39. The van der Waals surface area contributed by atoms with Gasteiger partial charge in [0.1, 0.15) is 0 Å². The Bertz CT molecular complexity index is 386. The zero-order chi connectivity index (χ0) is 13.8. The van der Waals surface area contributed by atoms with Crippen molar-refractivity contribution in [3.8, 4) is 0 Å². The van der Waals surface area contributed by atoms with E-state index in [1.807, 2.05) is 7.05 Å². The van der Waals surface area contributed by atoms with Gasteiger partial charge in [0.25, 0.3) is 0 Å². The molecular weight excluding hydrogens is 236 g/mol. The van der Waals surface area contributed by atoms with Crippen LogP contribution in [0.15, 0.2) is 24.3 Å². The molecule has 1 aromatic carbocycles. The normalized spacial score (nSPS) is 24.9. The van der Waals surface area contributed by atoms with Crippen LogP contribution in [0.4, 0.5) is 0 Å². The number of hydrogen-bond donors (Lipinski definition) is 1. The predicted molar refractivity (Wildman–Crippen MR) is 79.6 cm³/mol. The smallest absolute Gasteiger partial charge is 0.0896 e. The number of morpholine rings is 1. The minimum atomic E-state index is 0.230. The third-order valence-electron chi connectivity index (χ3n) is 3.95. The van der Waals surface area contributed by atoms with Crippen LogP contribution in [0.5, 0.6) is 0 Å². The highest BCUT2D eigenvalue weighted by Crippen LogP contribution is 2.29. The van der Waals surface area contributed by atoms with E-state index in [-0.39, 0.29) is 6.10 Å². The van der Waals surface area contributed by atoms with Gasteiger partial charge in [-0.3, -0.25) is 4.90 Å². The maximum Gasteiger partial charge on any atom is 0.0896 e. The van der Waals surface area contributed by atoms with Gasteiger partial charge in [-0.25, -0.2) is 0 Å². The Morgan fingerprint density at radius 1 is 1.32 bits per heavy atom. The van der Waals surface area contributed by atoms with Crippen molar-refractivity contribution < 1.29 is 4.74 Å². The Morgan fingerprint density at radius 2 is 2.00 bits per heavy atom. The lowest BCUT2D eigenvalue weighted by atomic mass is 9.95. The monoisotopic (exact) mass is 262 g/mol. The van der Waals surface area contributed by atoms with Crippen molar-refractivity contribution >= 4 is 0 Å². The summed E-state index contributed by atoms with van der Waals surface area (Å²) in [5, 5.41) is 3.24. The van der Waals surface area contributed by atoms with Crippen LogP contribution in [0.2, 0.25) is 0 Å². The van der Waals surface area contributed by atoms with E-state index in [0.29, 0.717) is 12.0 Å². The maximum atomic E-state index is 5.93. The summed E-state index contributed by atoms with van der Waals surface area (Å²) in [7, 11) is 4.17. The summed E-state index contributed by atoms with van der Waals surface area (Å²) in [6.07, 6.45) is 0.230. The highest BCUT2D eigenvalue weighted by molar-refractivity contribution is 5.28. The minimum Gasteiger partial charge on any atom is -0.374 e. The average molecular weight is 262 g/mol. The molecule has 106 valence electrons. The third-order valence-corrected chi connectivity index (χ3v) is 3.95. The summed E-state index contributed by atoms with van der Waals surface area (Å²) in [6.45, 7) is 7.17. The molecular formula is C16H26N2O. The molecule has 0 saturated carbocycles. The lowest BCUT2D eigenvalue weighted by molar-refractivity contribution is -0.0606. The lowest BCUT2D eigenvalue weighted by Gasteiger charge is -2.39. The van der Waals surface area contributed by atoms with Crippen LogP contribution in [0.1, 0.15) is 36.9 Å². The Balaban J connectivity index is 2.20. The maximum absolute atomic E-state index is 5.93. The molecule has 0 spiro atoms. The number of hydrogen-bond acceptors (Lipinski definition) is 3. The van der Waals surface area contributed by atoms with Crippen molar-refractivity contribution in [2.24, 2.45) is 0 Å². The summed E-state index contributed by atoms with van der Waals surface area (Å²) in [5.74, 6) is 0.586. The second-order valence-electron chi connectivity index (χ2n) is 5.71. The van der Waals surface area contributed by atoms with E-state index in [2.05, 4.69) is 55.4 Å². The van der Waals surface area contributed by atoms with Crippen LogP contribution in [0, 0.1) is 0 Å². The van der Waals surface area contributed by atoms with Crippen LogP contribution >= 0.6 is 0 Å². The third kappa shape index (κ3) is 3.35. The standard InChI is InChI=1S/C16H26N2O/c1-12(2)13-5-7-14(8-6-13)16-15(11-17-3)19-10-9-18(16)4/h5-8,12,15-17H,9-11H2,1-4H3. The molecule has 2 atom stereocenters. The number of nitrogens with zero attached hydrogens (tertiary/aromatic N) is 1. The molecule has 1 heterocycles. The first-order valence-corrected chi connectivity index (χ1v) is 7.19. The molecule has 0 amide bonds. The van der Waals surface area contributed by atoms with Gasteiger partial charge >= 0.3 is 0 Å². The number of nitrogens with one attached hydrogen (secondary N) is 1. The molecule has 2 rings (SSSR count). The molecule has 0 radical (unpaired) electrons. The van der Waals surface area contributed by atoms with Gasteiger partial charge in [0.05, 0.1) is 18.8 Å². The lowest BCUT2D eigenvalue weighted by Crippen LogP contribution is -2.46. The van der Waals surface area contributed by atoms with E-state index in [0.717, 1.165) is 19.7 Å². The molecule has 3 nitrogen and oxygen atoms in total. The molecule has 1 aromatic rings. The molecule has 1 aliphatic rings. The van der Waals surface area contributed by atoms with E-state index in [4.69, 9.17) is 4.74 Å². The van der Waals surface area contributed by atoms with Gasteiger partial charge in [0, 0.05) is 13.1 Å². The molecule has 1 fully saturated rings. The van der Waals surface area contributed by atoms with E-state index >= 15 is 0 Å². The van der Waals surface area contributed by atoms with Gasteiger partial charge in [-0.1, -0.05) is 38.1 Å². The first-order chi connectivity index (χ1) is 9.13. The SMILES string of the molecule is CNCC1OCCN(C)C1c1ccc(C(C)C)cc1. The predicted octanol–water partition coefficient (Wildman–Crippen LogP) is 2.40. The van der Waals surface area contributed by atoms with Crippen molar-refractivity contribution in [2.75, 3.05) is 33.8 Å². The highest BCUT2D eigenvalue weighted by atomic mass is 16.5. The molecule has 0 aliphatic carbocycles. The fourth-order valence-corrected chi connectivity index (χ4v) is 2.78. The van der Waals surface area contributed by atoms with Gasteiger partial charge < -0.3 is 10.1 Å². The minimum absolute atomic E-state index is 0.230. The van der Waals surface area contributed by atoms with Crippen molar-refractivity contribution in [1.29, 1.82) is 0 Å². The second-order valence-corrected chi connectivity index (χ2v) is 5.71. The molecule has 2 unspecified atom stereocenters. The van der Waals surface area contributed by atoms with E-state index in [1.165, 1.54) is 11.1 Å². The van der Waals surface area contributed by atoms with Crippen molar-refractivity contribution in [3.05, 3.63) is 35.4 Å². The van der Waals surface area contributed by atoms with Gasteiger partial charge in [-0.05, 0) is 31.1 Å². The number of likely N-dealkylation sites (N-methyl/N-ethyl adjacent to an activating group) is 2. The molecule has 19 heavy (non-hydrogen) atoms. The Morgan fingerprint density at radius 3 is 2.58 bits per heavy atom. The fraction of sp³-hybridized carbons (Fsp3) is 0.625. The van der Waals surface area contributed by atoms with Crippen molar-refractivity contribution in [3.63, 3.8) is 0 Å². The van der Waals surface area contributed by atoms with Crippen LogP contribution in [-0.4, -0.2) is 44.8 Å². The fourth-order valence-electron chi connectivity index (χ4n) is 2.78. The molecule has 3 heteroatoms. The summed E-state index contributed by atoms with van der Waals surface area (Å²) >= 11 is 0. The summed E-state index contributed by atoms with van der Waals surface area (Å²) in [6, 6.07) is 9.36. The molecule has 1 aliphatic heterocycles. The number of rotatable bonds is 4. The van der Waals surface area contributed by atoms with E-state index < -0.39 is 0 Å². The van der Waals surface area contributed by atoms with Crippen molar-refractivity contribution in [1.82, 2.24) is 10.2 Å². The Hall–Kier alpha value is -0.900. The summed E-state index contributed by atoms with van der Waals surface area (Å²) < 4.78 is 5.93. The van der Waals surface area contributed by atoms with Crippen LogP contribution in [0.25, 0.3) is 0 Å². The zero-order valence-corrected chi connectivity index (χ0v) is 12.5. The first-order valence-electron chi connectivity index (χ1n) is 7.19. The number of benzene rings is 1. The topological polar surface area (TPSA) is 24.5 Å². The molecule has 0 bridgehead atoms. The second kappa shape index (κ2) is 6.51. The number of ether oxygens (including phenoxy) is 1. The van der Waals surface area contributed by atoms with Gasteiger partial charge in [-0.2, -0.15) is 0 Å². The van der Waals surface area contributed by atoms with Crippen LogP contribution in [0.3, 0.4) is 0 Å². The van der Waals surface area contributed by atoms with E-state index in [1.54, 1.807) is 0 Å². The van der Waals surface area contributed by atoms with Crippen LogP contribution in [-0.2, 0) is 4.74 Å². The van der Waals surface area contributed by atoms with Gasteiger partial charge in [-0.15, -0.1) is 0 Å². The van der Waals surface area contributed by atoms with E-state index in [9.17, 15) is 0 Å². The Labute approximate surface area is 116 Å². The largest absolute Gasteiger partial charge is 0.374 e. The van der Waals surface area contributed by atoms with Gasteiger partial charge in [0.15, 0.2) is 0 Å². The van der Waals surface area contributed by atoms with Crippen molar-refractivity contribution in [2.45, 2.75) is 31.9 Å². The molecule has 0 aromatic heterocycles. The van der Waals surface area contributed by atoms with Crippen LogP contribution < -0.4 is 5.32 Å². The highest BCUT2D eigenvalue weighted by Gasteiger charge is 2.30. The summed E-state index contributed by atoms with van der Waals surface area (Å²) in [4.78, 5) is 2.40. The first kappa shape index (κ1) is 14.5. The quantitative estimate of drug-likeness (QED) is 0.902. The molecule has 1 N–H and O–H groups in total. The van der Waals surface area contributed by atoms with Gasteiger partial charge in [0.2, 0.25) is 0 Å².